The van der Waals surface area contributed by atoms with Gasteiger partial charge < -0.3 is 0 Å². The third-order valence-corrected chi connectivity index (χ3v) is 5.39. The Labute approximate surface area is 69.4 Å². The maximum absolute atomic E-state index is 11.4. The molecule has 4 atom stereocenters. The molecule has 0 aromatic heterocycles. The zero-order valence-electron chi connectivity index (χ0n) is 6.66. The molecule has 0 bridgehead atoms. The van der Waals surface area contributed by atoms with E-state index >= 15 is 0 Å². The zero-order valence-corrected chi connectivity index (χ0v) is 8.30. The van der Waals surface area contributed by atoms with Gasteiger partial charge in [0, 0.05) is 21.3 Å². The van der Waals surface area contributed by atoms with Crippen molar-refractivity contribution in [2.45, 2.75) is 42.3 Å². The molecule has 2 unspecified atom stereocenters. The second-order valence-corrected chi connectivity index (χ2v) is 7.14. The molecule has 0 N–H and O–H groups in total. The van der Waals surface area contributed by atoms with Crippen LogP contribution >= 0.6 is 11.8 Å². The van der Waals surface area contributed by atoms with Crippen molar-refractivity contribution in [3.63, 3.8) is 0 Å². The Balaban J connectivity index is 2.57. The molecule has 1 heterocycles. The predicted molar refractivity (Wildman–Crippen MR) is 48.7 cm³/mol. The maximum atomic E-state index is 11.4. The van der Waals surface area contributed by atoms with Gasteiger partial charge in [0.25, 0.3) is 0 Å². The van der Waals surface area contributed by atoms with Crippen LogP contribution in [0, 0.1) is 0 Å². The van der Waals surface area contributed by atoms with Crippen LogP contribution < -0.4 is 0 Å². The van der Waals surface area contributed by atoms with E-state index in [0.717, 1.165) is 6.42 Å². The van der Waals surface area contributed by atoms with Crippen LogP contribution in [0.4, 0.5) is 0 Å². The van der Waals surface area contributed by atoms with Crippen LogP contribution in [-0.4, -0.2) is 19.3 Å². The van der Waals surface area contributed by atoms with Gasteiger partial charge in [-0.2, -0.15) is 0 Å². The lowest BCUT2D eigenvalue weighted by molar-refractivity contribution is 0.658. The van der Waals surface area contributed by atoms with Crippen molar-refractivity contribution >= 4 is 22.6 Å². The minimum absolute atomic E-state index is 0.346. The normalized spacial score (nSPS) is 49.1. The van der Waals surface area contributed by atoms with Gasteiger partial charge in [-0.25, -0.2) is 0 Å². The standard InChI is InChI=1S/C7H14OS2/c1-5-4-6(2)10(8)7(3)9-5/h5-7H,4H2,1-3H3/t5-,6?,7+,10?/m0/s1. The summed E-state index contributed by atoms with van der Waals surface area (Å²) in [5, 5.41) is 1.11. The van der Waals surface area contributed by atoms with E-state index in [0.29, 0.717) is 15.1 Å². The van der Waals surface area contributed by atoms with Gasteiger partial charge in [-0.3, -0.25) is 4.21 Å². The van der Waals surface area contributed by atoms with Gasteiger partial charge in [-0.05, 0) is 13.3 Å². The summed E-state index contributed by atoms with van der Waals surface area (Å²) in [6, 6.07) is 0. The predicted octanol–water partition coefficient (Wildman–Crippen LogP) is 2.00. The fourth-order valence-corrected chi connectivity index (χ4v) is 5.21. The van der Waals surface area contributed by atoms with E-state index < -0.39 is 10.8 Å². The summed E-state index contributed by atoms with van der Waals surface area (Å²) in [6.07, 6.45) is 1.11. The van der Waals surface area contributed by atoms with Gasteiger partial charge >= 0.3 is 0 Å². The highest BCUT2D eigenvalue weighted by Gasteiger charge is 2.27. The molecule has 1 rings (SSSR count). The number of hydrogen-bond acceptors (Lipinski definition) is 2. The zero-order chi connectivity index (χ0) is 7.72. The van der Waals surface area contributed by atoms with Gasteiger partial charge in [0.05, 0.1) is 4.58 Å². The highest BCUT2D eigenvalue weighted by molar-refractivity contribution is 8.12. The molecule has 0 radical (unpaired) electrons. The summed E-state index contributed by atoms with van der Waals surface area (Å²) in [7, 11) is -0.587. The van der Waals surface area contributed by atoms with Crippen molar-refractivity contribution in [1.82, 2.24) is 0 Å². The highest BCUT2D eigenvalue weighted by atomic mass is 32.2. The average molecular weight is 178 g/mol. The van der Waals surface area contributed by atoms with E-state index in [1.807, 2.05) is 11.8 Å². The molecule has 10 heavy (non-hydrogen) atoms. The van der Waals surface area contributed by atoms with E-state index in [4.69, 9.17) is 0 Å². The lowest BCUT2D eigenvalue weighted by Crippen LogP contribution is -2.29. The first-order chi connectivity index (χ1) is 4.61. The summed E-state index contributed by atoms with van der Waals surface area (Å²) in [5.74, 6) is 0. The second kappa shape index (κ2) is 3.26. The Kier molecular flexibility index (Phi) is 2.81. The Hall–Kier alpha value is 0.500. The van der Waals surface area contributed by atoms with Crippen LogP contribution in [0.3, 0.4) is 0 Å². The van der Waals surface area contributed by atoms with Gasteiger partial charge in [0.2, 0.25) is 0 Å². The Morgan fingerprint density at radius 3 is 2.50 bits per heavy atom. The Morgan fingerprint density at radius 1 is 1.40 bits per heavy atom. The molecule has 1 aliphatic rings. The third kappa shape index (κ3) is 1.76. The molecule has 1 aliphatic heterocycles. The largest absolute Gasteiger partial charge is 0.258 e. The van der Waals surface area contributed by atoms with Crippen molar-refractivity contribution in [1.29, 1.82) is 0 Å². The summed E-state index contributed by atoms with van der Waals surface area (Å²) < 4.78 is 11.7. The van der Waals surface area contributed by atoms with Gasteiger partial charge in [-0.15, -0.1) is 11.8 Å². The maximum Gasteiger partial charge on any atom is 0.0778 e. The van der Waals surface area contributed by atoms with E-state index in [9.17, 15) is 4.21 Å². The molecule has 3 heteroatoms. The summed E-state index contributed by atoms with van der Waals surface area (Å²) in [6.45, 7) is 6.36. The molecular formula is C7H14OS2. The molecular weight excluding hydrogens is 164 g/mol. The molecule has 1 fully saturated rings. The van der Waals surface area contributed by atoms with E-state index in [1.165, 1.54) is 0 Å². The summed E-state index contributed by atoms with van der Waals surface area (Å²) in [5.41, 5.74) is 0. The van der Waals surface area contributed by atoms with Crippen molar-refractivity contribution in [3.05, 3.63) is 0 Å². The first kappa shape index (κ1) is 8.60. The van der Waals surface area contributed by atoms with Crippen molar-refractivity contribution in [3.8, 4) is 0 Å². The fourth-order valence-electron chi connectivity index (χ4n) is 1.33. The first-order valence-corrected chi connectivity index (χ1v) is 5.88. The molecule has 0 amide bonds. The fraction of sp³-hybridized carbons (Fsp3) is 1.00. The topological polar surface area (TPSA) is 17.1 Å². The SMILES string of the molecule is CC1C[C@H](C)S[C@@H](C)S1=O. The van der Waals surface area contributed by atoms with E-state index in [1.54, 1.807) is 0 Å². The monoisotopic (exact) mass is 178 g/mol. The third-order valence-electron chi connectivity index (χ3n) is 1.81. The van der Waals surface area contributed by atoms with E-state index in [2.05, 4.69) is 20.8 Å². The molecule has 0 aromatic rings. The minimum Gasteiger partial charge on any atom is -0.258 e. The molecule has 0 aliphatic carbocycles. The lowest BCUT2D eigenvalue weighted by atomic mass is 10.3. The Bertz CT molecular complexity index is 133. The van der Waals surface area contributed by atoms with Crippen molar-refractivity contribution in [2.75, 3.05) is 0 Å². The van der Waals surface area contributed by atoms with Gasteiger partial charge in [0.15, 0.2) is 0 Å². The summed E-state index contributed by atoms with van der Waals surface area (Å²) in [4.78, 5) is 0. The van der Waals surface area contributed by atoms with Crippen molar-refractivity contribution in [2.24, 2.45) is 0 Å². The average Bonchev–Trinajstić information content (AvgIpc) is 1.82. The number of thioether (sulfide) groups is 1. The van der Waals surface area contributed by atoms with Crippen LogP contribution in [-0.2, 0) is 10.8 Å². The molecule has 1 saturated heterocycles. The molecule has 0 aromatic carbocycles. The van der Waals surface area contributed by atoms with Gasteiger partial charge in [-0.1, -0.05) is 13.8 Å². The lowest BCUT2D eigenvalue weighted by Gasteiger charge is -2.27. The number of rotatable bonds is 0. The van der Waals surface area contributed by atoms with Crippen LogP contribution in [0.5, 0.6) is 0 Å². The van der Waals surface area contributed by atoms with Crippen molar-refractivity contribution < 1.29 is 4.21 Å². The minimum atomic E-state index is -0.587. The Morgan fingerprint density at radius 2 is 2.00 bits per heavy atom. The van der Waals surface area contributed by atoms with E-state index in [-0.39, 0.29) is 0 Å². The molecule has 0 spiro atoms. The van der Waals surface area contributed by atoms with Crippen LogP contribution in [0.25, 0.3) is 0 Å². The van der Waals surface area contributed by atoms with Crippen LogP contribution in [0.1, 0.15) is 27.2 Å². The second-order valence-electron chi connectivity index (χ2n) is 2.89. The summed E-state index contributed by atoms with van der Waals surface area (Å²) >= 11 is 1.85. The van der Waals surface area contributed by atoms with Gasteiger partial charge in [0.1, 0.15) is 0 Å². The molecule has 1 nitrogen and oxygen atoms in total. The number of hydrogen-bond donors (Lipinski definition) is 0. The molecule has 60 valence electrons. The first-order valence-electron chi connectivity index (χ1n) is 3.66. The smallest absolute Gasteiger partial charge is 0.0778 e. The highest BCUT2D eigenvalue weighted by Crippen LogP contribution is 2.32. The van der Waals surface area contributed by atoms with Crippen LogP contribution in [0.15, 0.2) is 0 Å². The molecule has 0 saturated carbocycles. The van der Waals surface area contributed by atoms with Crippen LogP contribution in [0.2, 0.25) is 0 Å². The quantitative estimate of drug-likeness (QED) is 0.564.